The fourth-order valence-corrected chi connectivity index (χ4v) is 1.94. The molecule has 1 rings (SSSR count). The third kappa shape index (κ3) is 3.32. The van der Waals surface area contributed by atoms with E-state index in [0.717, 1.165) is 37.1 Å². The lowest BCUT2D eigenvalue weighted by Gasteiger charge is -2.15. The molecule has 0 aliphatic carbocycles. The molecule has 0 saturated carbocycles. The Morgan fingerprint density at radius 3 is 2.59 bits per heavy atom. The first kappa shape index (κ1) is 13.7. The molecule has 0 aromatic carbocycles. The summed E-state index contributed by atoms with van der Waals surface area (Å²) in [6, 6.07) is 1.51. The van der Waals surface area contributed by atoms with Gasteiger partial charge in [-0.3, -0.25) is 4.68 Å². The monoisotopic (exact) mass is 238 g/mol. The fourth-order valence-electron chi connectivity index (χ4n) is 1.94. The quantitative estimate of drug-likeness (QED) is 0.794. The molecule has 0 aliphatic heterocycles. The zero-order valence-electron chi connectivity index (χ0n) is 10.9. The summed E-state index contributed by atoms with van der Waals surface area (Å²) in [6.07, 6.45) is 4.25. The van der Waals surface area contributed by atoms with Crippen molar-refractivity contribution in [2.45, 2.75) is 58.9 Å². The highest BCUT2D eigenvalue weighted by Crippen LogP contribution is 2.19. The summed E-state index contributed by atoms with van der Waals surface area (Å²) in [4.78, 5) is 11.3. The SMILES string of the molecule is CCCCC(C(=O)O)n1nc(CC)cc1CC. The molecule has 1 N–H and O–H groups in total. The predicted molar refractivity (Wildman–Crippen MR) is 67.2 cm³/mol. The van der Waals surface area contributed by atoms with Gasteiger partial charge in [-0.25, -0.2) is 4.79 Å². The number of nitrogens with zero attached hydrogens (tertiary/aromatic N) is 2. The van der Waals surface area contributed by atoms with Crippen LogP contribution in [0.4, 0.5) is 0 Å². The highest BCUT2D eigenvalue weighted by Gasteiger charge is 2.22. The molecule has 17 heavy (non-hydrogen) atoms. The van der Waals surface area contributed by atoms with E-state index in [1.165, 1.54) is 0 Å². The van der Waals surface area contributed by atoms with Crippen molar-refractivity contribution in [3.63, 3.8) is 0 Å². The van der Waals surface area contributed by atoms with Gasteiger partial charge in [0.25, 0.3) is 0 Å². The van der Waals surface area contributed by atoms with Crippen LogP contribution in [0.25, 0.3) is 0 Å². The Labute approximate surface area is 103 Å². The number of carbonyl (C=O) groups is 1. The minimum Gasteiger partial charge on any atom is -0.480 e. The Morgan fingerprint density at radius 2 is 2.12 bits per heavy atom. The molecule has 96 valence electrons. The lowest BCUT2D eigenvalue weighted by atomic mass is 10.1. The summed E-state index contributed by atoms with van der Waals surface area (Å²) < 4.78 is 1.71. The summed E-state index contributed by atoms with van der Waals surface area (Å²) in [6.45, 7) is 6.14. The number of hydrogen-bond donors (Lipinski definition) is 1. The highest BCUT2D eigenvalue weighted by atomic mass is 16.4. The lowest BCUT2D eigenvalue weighted by molar-refractivity contribution is -0.141. The van der Waals surface area contributed by atoms with E-state index in [9.17, 15) is 9.90 Å². The zero-order valence-corrected chi connectivity index (χ0v) is 10.9. The number of unbranched alkanes of at least 4 members (excludes halogenated alkanes) is 1. The molecule has 4 heteroatoms. The van der Waals surface area contributed by atoms with Gasteiger partial charge in [0.1, 0.15) is 6.04 Å². The molecule has 1 heterocycles. The van der Waals surface area contributed by atoms with Crippen molar-refractivity contribution < 1.29 is 9.90 Å². The number of hydrogen-bond acceptors (Lipinski definition) is 2. The Bertz CT molecular complexity index is 371. The van der Waals surface area contributed by atoms with Crippen LogP contribution in [0.15, 0.2) is 6.07 Å². The van der Waals surface area contributed by atoms with Crippen molar-refractivity contribution in [1.29, 1.82) is 0 Å². The number of aryl methyl sites for hydroxylation is 2. The molecule has 0 radical (unpaired) electrons. The van der Waals surface area contributed by atoms with Gasteiger partial charge in [-0.1, -0.05) is 33.6 Å². The van der Waals surface area contributed by atoms with Gasteiger partial charge in [0.15, 0.2) is 0 Å². The normalized spacial score (nSPS) is 12.6. The van der Waals surface area contributed by atoms with Crippen molar-refractivity contribution in [2.24, 2.45) is 0 Å². The van der Waals surface area contributed by atoms with E-state index in [1.54, 1.807) is 4.68 Å². The summed E-state index contributed by atoms with van der Waals surface area (Å²) in [5, 5.41) is 13.7. The maximum absolute atomic E-state index is 11.3. The first-order valence-corrected chi connectivity index (χ1v) is 6.44. The second kappa shape index (κ2) is 6.42. The van der Waals surface area contributed by atoms with Crippen molar-refractivity contribution in [1.82, 2.24) is 9.78 Å². The van der Waals surface area contributed by atoms with Gasteiger partial charge in [-0.2, -0.15) is 5.10 Å². The summed E-state index contributed by atoms with van der Waals surface area (Å²) in [7, 11) is 0. The van der Waals surface area contributed by atoms with Gasteiger partial charge in [0.05, 0.1) is 5.69 Å². The number of carboxylic acids is 1. The van der Waals surface area contributed by atoms with E-state index in [4.69, 9.17) is 0 Å². The van der Waals surface area contributed by atoms with Gasteiger partial charge in [-0.05, 0) is 25.3 Å². The summed E-state index contributed by atoms with van der Waals surface area (Å²) in [5.74, 6) is -0.779. The molecule has 0 aliphatic rings. The first-order valence-electron chi connectivity index (χ1n) is 6.44. The van der Waals surface area contributed by atoms with Crippen LogP contribution in [0, 0.1) is 0 Å². The Morgan fingerprint density at radius 1 is 1.41 bits per heavy atom. The molecule has 0 fully saturated rings. The van der Waals surface area contributed by atoms with Gasteiger partial charge < -0.3 is 5.11 Å². The van der Waals surface area contributed by atoms with Crippen LogP contribution in [-0.2, 0) is 17.6 Å². The van der Waals surface area contributed by atoms with Crippen molar-refractivity contribution in [3.05, 3.63) is 17.5 Å². The third-order valence-corrected chi connectivity index (χ3v) is 3.00. The van der Waals surface area contributed by atoms with E-state index in [2.05, 4.69) is 12.0 Å². The van der Waals surface area contributed by atoms with E-state index in [1.807, 2.05) is 19.9 Å². The Hall–Kier alpha value is -1.32. The molecule has 1 aromatic rings. The molecule has 1 aromatic heterocycles. The number of aliphatic carboxylic acids is 1. The van der Waals surface area contributed by atoms with E-state index in [0.29, 0.717) is 6.42 Å². The molecule has 1 atom stereocenters. The van der Waals surface area contributed by atoms with E-state index >= 15 is 0 Å². The lowest BCUT2D eigenvalue weighted by Crippen LogP contribution is -2.22. The Kier molecular flexibility index (Phi) is 5.19. The topological polar surface area (TPSA) is 55.1 Å². The third-order valence-electron chi connectivity index (χ3n) is 3.00. The van der Waals surface area contributed by atoms with Crippen LogP contribution in [0.3, 0.4) is 0 Å². The second-order valence-electron chi connectivity index (χ2n) is 4.27. The van der Waals surface area contributed by atoms with Gasteiger partial charge >= 0.3 is 5.97 Å². The van der Waals surface area contributed by atoms with Crippen molar-refractivity contribution in [3.8, 4) is 0 Å². The van der Waals surface area contributed by atoms with Crippen LogP contribution in [0.2, 0.25) is 0 Å². The summed E-state index contributed by atoms with van der Waals surface area (Å²) in [5.41, 5.74) is 2.00. The van der Waals surface area contributed by atoms with E-state index in [-0.39, 0.29) is 0 Å². The minimum absolute atomic E-state index is 0.509. The van der Waals surface area contributed by atoms with Crippen molar-refractivity contribution in [2.75, 3.05) is 0 Å². The van der Waals surface area contributed by atoms with Crippen molar-refractivity contribution >= 4 is 5.97 Å². The average Bonchev–Trinajstić information content (AvgIpc) is 2.72. The molecular weight excluding hydrogens is 216 g/mol. The average molecular weight is 238 g/mol. The maximum Gasteiger partial charge on any atom is 0.328 e. The molecule has 0 amide bonds. The van der Waals surface area contributed by atoms with Gasteiger partial charge in [0.2, 0.25) is 0 Å². The largest absolute Gasteiger partial charge is 0.480 e. The van der Waals surface area contributed by atoms with Gasteiger partial charge in [0, 0.05) is 5.69 Å². The van der Waals surface area contributed by atoms with Crippen LogP contribution >= 0.6 is 0 Å². The highest BCUT2D eigenvalue weighted by molar-refractivity contribution is 5.71. The zero-order chi connectivity index (χ0) is 12.8. The van der Waals surface area contributed by atoms with E-state index < -0.39 is 12.0 Å². The first-order chi connectivity index (χ1) is 8.13. The van der Waals surface area contributed by atoms with Gasteiger partial charge in [-0.15, -0.1) is 0 Å². The van der Waals surface area contributed by atoms with Crippen LogP contribution in [0.1, 0.15) is 57.5 Å². The number of rotatable bonds is 7. The Balaban J connectivity index is 2.99. The predicted octanol–water partition coefficient (Wildman–Crippen LogP) is 2.82. The number of aromatic nitrogens is 2. The molecule has 1 unspecified atom stereocenters. The molecule has 0 bridgehead atoms. The molecule has 0 saturated heterocycles. The van der Waals surface area contributed by atoms with Crippen LogP contribution in [-0.4, -0.2) is 20.9 Å². The van der Waals surface area contributed by atoms with Crippen LogP contribution in [0.5, 0.6) is 0 Å². The minimum atomic E-state index is -0.779. The summed E-state index contributed by atoms with van der Waals surface area (Å²) >= 11 is 0. The smallest absolute Gasteiger partial charge is 0.328 e. The number of carboxylic acid groups (broad SMARTS) is 1. The standard InChI is InChI=1S/C13H22N2O2/c1-4-7-8-12(13(16)17)15-11(6-3)9-10(5-2)14-15/h9,12H,4-8H2,1-3H3,(H,16,17). The molecule has 4 nitrogen and oxygen atoms in total. The molecular formula is C13H22N2O2. The molecule has 0 spiro atoms. The fraction of sp³-hybridized carbons (Fsp3) is 0.692. The second-order valence-corrected chi connectivity index (χ2v) is 4.27. The maximum atomic E-state index is 11.3. The van der Waals surface area contributed by atoms with Crippen LogP contribution < -0.4 is 0 Å².